The van der Waals surface area contributed by atoms with Gasteiger partial charge in [0, 0.05) is 37.0 Å². The molecular weight excluding hydrogens is 521 g/mol. The van der Waals surface area contributed by atoms with Crippen LogP contribution in [0.1, 0.15) is 53.1 Å². The Morgan fingerprint density at radius 1 is 1.18 bits per heavy atom. The second-order valence-electron chi connectivity index (χ2n) is 9.19. The number of ether oxygens (including phenoxy) is 1. The van der Waals surface area contributed by atoms with Crippen molar-refractivity contribution in [3.63, 3.8) is 0 Å². The molecule has 38 heavy (non-hydrogen) atoms. The fraction of sp³-hybridized carbons (Fsp3) is 0.385. The monoisotopic (exact) mass is 546 g/mol. The van der Waals surface area contributed by atoms with Crippen molar-refractivity contribution in [1.29, 1.82) is 0 Å². The molecule has 0 aliphatic carbocycles. The molecule has 0 spiro atoms. The molecule has 2 aromatic heterocycles. The molecule has 0 saturated carbocycles. The second kappa shape index (κ2) is 10.6. The smallest absolute Gasteiger partial charge is 0.421 e. The van der Waals surface area contributed by atoms with Gasteiger partial charge >= 0.3 is 6.18 Å². The number of pyridine rings is 1. The van der Waals surface area contributed by atoms with E-state index in [0.717, 1.165) is 44.4 Å². The average molecular weight is 547 g/mol. The molecule has 0 bridgehead atoms. The number of nitrogens with zero attached hydrogens (tertiary/aromatic N) is 4. The molecule has 12 heteroatoms. The molecule has 8 nitrogen and oxygen atoms in total. The number of carbonyl (C=O) groups excluding carboxylic acids is 1. The Morgan fingerprint density at radius 3 is 2.61 bits per heavy atom. The number of alkyl halides is 3. The van der Waals surface area contributed by atoms with Gasteiger partial charge in [-0.2, -0.15) is 13.2 Å². The number of aromatic nitrogens is 2. The summed E-state index contributed by atoms with van der Waals surface area (Å²) in [4.78, 5) is 36.9. The first-order valence-electron chi connectivity index (χ1n) is 12.1. The number of piperidine rings is 1. The largest absolute Gasteiger partial charge is 0.497 e. The first-order valence-corrected chi connectivity index (χ1v) is 13.0. The number of oxime groups is 1. The van der Waals surface area contributed by atoms with E-state index < -0.39 is 23.8 Å². The quantitative estimate of drug-likeness (QED) is 0.451. The van der Waals surface area contributed by atoms with E-state index in [1.807, 2.05) is 29.6 Å². The van der Waals surface area contributed by atoms with Gasteiger partial charge < -0.3 is 19.0 Å². The Balaban J connectivity index is 1.16. The Morgan fingerprint density at radius 2 is 1.92 bits per heavy atom. The normalized spacial score (nSPS) is 18.3. The van der Waals surface area contributed by atoms with Crippen LogP contribution in [0.3, 0.4) is 0 Å². The zero-order chi connectivity index (χ0) is 26.9. The summed E-state index contributed by atoms with van der Waals surface area (Å²) < 4.78 is 45.1. The number of amides is 1. The maximum atomic E-state index is 13.0. The molecule has 1 atom stereocenters. The van der Waals surface area contributed by atoms with Crippen LogP contribution in [-0.4, -0.2) is 46.3 Å². The SMILES string of the molecule is COc1ccc(C2CC(c3csc(C4CCN(C(=O)Cn5cccc(C(F)(F)F)c5=O)CC4)n3)=NO2)cc1. The Hall–Kier alpha value is -3.67. The van der Waals surface area contributed by atoms with Crippen LogP contribution in [0.2, 0.25) is 0 Å². The van der Waals surface area contributed by atoms with Crippen LogP contribution in [0.15, 0.2) is 57.9 Å². The zero-order valence-corrected chi connectivity index (χ0v) is 21.3. The van der Waals surface area contributed by atoms with Crippen molar-refractivity contribution >= 4 is 23.0 Å². The molecule has 200 valence electrons. The van der Waals surface area contributed by atoms with Gasteiger partial charge in [-0.1, -0.05) is 17.3 Å². The molecule has 0 radical (unpaired) electrons. The van der Waals surface area contributed by atoms with Gasteiger partial charge in [0.25, 0.3) is 5.56 Å². The highest BCUT2D eigenvalue weighted by Gasteiger charge is 2.35. The van der Waals surface area contributed by atoms with Crippen molar-refractivity contribution in [3.05, 3.63) is 80.2 Å². The molecule has 1 saturated heterocycles. The Bertz CT molecular complexity index is 1390. The number of hydrogen-bond donors (Lipinski definition) is 0. The van der Waals surface area contributed by atoms with Gasteiger partial charge in [0.15, 0.2) is 6.10 Å². The number of methoxy groups -OCH3 is 1. The number of hydrogen-bond acceptors (Lipinski definition) is 7. The summed E-state index contributed by atoms with van der Waals surface area (Å²) in [6.07, 6.45) is -1.78. The highest BCUT2D eigenvalue weighted by molar-refractivity contribution is 7.10. The lowest BCUT2D eigenvalue weighted by Crippen LogP contribution is -2.41. The van der Waals surface area contributed by atoms with E-state index in [0.29, 0.717) is 32.4 Å². The third-order valence-corrected chi connectivity index (χ3v) is 7.81. The number of thiazole rings is 1. The molecule has 1 aromatic carbocycles. The first-order chi connectivity index (χ1) is 18.2. The summed E-state index contributed by atoms with van der Waals surface area (Å²) in [5, 5.41) is 7.17. The fourth-order valence-electron chi connectivity index (χ4n) is 4.63. The molecule has 2 aliphatic heterocycles. The van der Waals surface area contributed by atoms with E-state index in [-0.39, 0.29) is 17.9 Å². The summed E-state index contributed by atoms with van der Waals surface area (Å²) in [6, 6.07) is 9.52. The van der Waals surface area contributed by atoms with E-state index in [4.69, 9.17) is 14.6 Å². The summed E-state index contributed by atoms with van der Waals surface area (Å²) in [7, 11) is 1.62. The van der Waals surface area contributed by atoms with Crippen LogP contribution in [0.25, 0.3) is 0 Å². The minimum Gasteiger partial charge on any atom is -0.497 e. The van der Waals surface area contributed by atoms with Gasteiger partial charge in [-0.3, -0.25) is 9.59 Å². The van der Waals surface area contributed by atoms with Crippen LogP contribution in [0.5, 0.6) is 5.75 Å². The minimum absolute atomic E-state index is 0.161. The van der Waals surface area contributed by atoms with E-state index in [1.165, 1.54) is 6.20 Å². The van der Waals surface area contributed by atoms with Gasteiger partial charge in [0.1, 0.15) is 23.6 Å². The van der Waals surface area contributed by atoms with E-state index in [1.54, 1.807) is 23.3 Å². The fourth-order valence-corrected chi connectivity index (χ4v) is 5.63. The number of benzene rings is 1. The Kier molecular flexibility index (Phi) is 7.24. The summed E-state index contributed by atoms with van der Waals surface area (Å²) >= 11 is 1.54. The van der Waals surface area contributed by atoms with Gasteiger partial charge in [-0.15, -0.1) is 11.3 Å². The average Bonchev–Trinajstić information content (AvgIpc) is 3.60. The highest BCUT2D eigenvalue weighted by atomic mass is 32.1. The van der Waals surface area contributed by atoms with Crippen molar-refractivity contribution in [2.24, 2.45) is 5.16 Å². The van der Waals surface area contributed by atoms with Crippen LogP contribution < -0.4 is 10.3 Å². The van der Waals surface area contributed by atoms with Crippen molar-refractivity contribution in [2.45, 2.75) is 44.0 Å². The van der Waals surface area contributed by atoms with Crippen molar-refractivity contribution in [2.75, 3.05) is 20.2 Å². The van der Waals surface area contributed by atoms with Gasteiger partial charge in [0.05, 0.1) is 17.8 Å². The van der Waals surface area contributed by atoms with Gasteiger partial charge in [0.2, 0.25) is 5.91 Å². The van der Waals surface area contributed by atoms with Crippen LogP contribution in [-0.2, 0) is 22.4 Å². The van der Waals surface area contributed by atoms with Crippen LogP contribution in [0, 0.1) is 0 Å². The van der Waals surface area contributed by atoms with E-state index in [2.05, 4.69) is 5.16 Å². The van der Waals surface area contributed by atoms with E-state index in [9.17, 15) is 22.8 Å². The molecule has 3 aromatic rings. The predicted molar refractivity (Wildman–Crippen MR) is 134 cm³/mol. The maximum absolute atomic E-state index is 13.0. The lowest BCUT2D eigenvalue weighted by Gasteiger charge is -2.31. The van der Waals surface area contributed by atoms with Gasteiger partial charge in [-0.25, -0.2) is 4.98 Å². The molecule has 1 amide bonds. The maximum Gasteiger partial charge on any atom is 0.421 e. The molecule has 2 aliphatic rings. The number of halogens is 3. The van der Waals surface area contributed by atoms with Crippen molar-refractivity contribution in [3.8, 4) is 5.75 Å². The molecule has 0 N–H and O–H groups in total. The van der Waals surface area contributed by atoms with Crippen molar-refractivity contribution in [1.82, 2.24) is 14.5 Å². The summed E-state index contributed by atoms with van der Waals surface area (Å²) in [5.74, 6) is 0.551. The summed E-state index contributed by atoms with van der Waals surface area (Å²) in [6.45, 7) is 0.454. The summed E-state index contributed by atoms with van der Waals surface area (Å²) in [5.41, 5.74) is 0.0746. The standard InChI is InChI=1S/C26H25F3N4O4S/c1-36-18-6-4-16(5-7-18)22-13-20(31-37-22)21-15-38-24(30-21)17-8-11-32(12-9-17)23(34)14-33-10-2-3-19(25(33)35)26(27,28)29/h2-7,10,15,17,22H,8-9,11-14H2,1H3. The second-order valence-corrected chi connectivity index (χ2v) is 10.1. The zero-order valence-electron chi connectivity index (χ0n) is 20.5. The number of carbonyl (C=O) groups is 1. The minimum atomic E-state index is -4.76. The third kappa shape index (κ3) is 5.45. The Labute approximate surface area is 220 Å². The number of likely N-dealkylation sites (tertiary alicyclic amines) is 1. The molecule has 5 rings (SSSR count). The highest BCUT2D eigenvalue weighted by Crippen LogP contribution is 2.34. The topological polar surface area (TPSA) is 86.0 Å². The predicted octanol–water partition coefficient (Wildman–Crippen LogP) is 4.60. The van der Waals surface area contributed by atoms with Gasteiger partial charge in [-0.05, 0) is 42.7 Å². The van der Waals surface area contributed by atoms with E-state index >= 15 is 0 Å². The van der Waals surface area contributed by atoms with Crippen molar-refractivity contribution < 1.29 is 27.5 Å². The third-order valence-electron chi connectivity index (χ3n) is 6.80. The number of rotatable bonds is 6. The molecule has 1 unspecified atom stereocenters. The van der Waals surface area contributed by atoms with Crippen LogP contribution >= 0.6 is 11.3 Å². The molecule has 1 fully saturated rings. The molecular formula is C26H25F3N4O4S. The first kappa shape index (κ1) is 26.0. The lowest BCUT2D eigenvalue weighted by molar-refractivity contribution is -0.139. The van der Waals surface area contributed by atoms with Crippen LogP contribution in [0.4, 0.5) is 13.2 Å². The lowest BCUT2D eigenvalue weighted by atomic mass is 9.97. The molecule has 4 heterocycles.